The van der Waals surface area contributed by atoms with Gasteiger partial charge in [0.1, 0.15) is 11.4 Å². The van der Waals surface area contributed by atoms with Crippen LogP contribution < -0.4 is 10.8 Å². The van der Waals surface area contributed by atoms with Gasteiger partial charge in [-0.2, -0.15) is 0 Å². The van der Waals surface area contributed by atoms with Gasteiger partial charge in [0.2, 0.25) is 0 Å². The van der Waals surface area contributed by atoms with Gasteiger partial charge >= 0.3 is 5.97 Å². The molecule has 2 aliphatic rings. The summed E-state index contributed by atoms with van der Waals surface area (Å²) in [5.41, 5.74) is 6.53. The summed E-state index contributed by atoms with van der Waals surface area (Å²) >= 11 is 1.35. The second kappa shape index (κ2) is 5.78. The number of hydrogen-bond donors (Lipinski definition) is 2. The van der Waals surface area contributed by atoms with Gasteiger partial charge in [-0.25, -0.2) is 4.79 Å². The highest BCUT2D eigenvalue weighted by molar-refractivity contribution is 8.01. The fourth-order valence-electron chi connectivity index (χ4n) is 3.13. The van der Waals surface area contributed by atoms with Gasteiger partial charge in [0, 0.05) is 4.75 Å². The van der Waals surface area contributed by atoms with Crippen molar-refractivity contribution in [3.8, 4) is 0 Å². The molecule has 2 fully saturated rings. The maximum Gasteiger partial charge on any atom is 0.327 e. The molecule has 8 heteroatoms. The fraction of sp³-hybridized carbons (Fsp3) is 0.438. The third kappa shape index (κ3) is 2.55. The molecular weight excluding hydrogens is 330 g/mol. The summed E-state index contributed by atoms with van der Waals surface area (Å²) in [6.07, 6.45) is 0. The first-order chi connectivity index (χ1) is 11.2. The van der Waals surface area contributed by atoms with Crippen LogP contribution in [-0.4, -0.2) is 50.0 Å². The zero-order valence-electron chi connectivity index (χ0n) is 13.2. The van der Waals surface area contributed by atoms with Gasteiger partial charge < -0.3 is 20.8 Å². The van der Waals surface area contributed by atoms with Crippen molar-refractivity contribution >= 4 is 29.5 Å². The standard InChI is InChI=1S/C16H19N3O4S/c1-16(2)11(15(22)23)19-13(21)10(14(19)24-16)18-12(20)9(17)8-6-4-3-5-7-8/h3-7,9-11,14H,17H2,1-2H3,(H,18,20)(H,22,23)/p-1/t9-,10-,11+,14-/m1/s1. The summed E-state index contributed by atoms with van der Waals surface area (Å²) in [5, 5.41) is 21.2. The lowest BCUT2D eigenvalue weighted by molar-refractivity contribution is -0.222. The molecule has 3 N–H and O–H groups in total. The van der Waals surface area contributed by atoms with E-state index in [0.717, 1.165) is 0 Å². The van der Waals surface area contributed by atoms with E-state index in [0.29, 0.717) is 5.56 Å². The van der Waals surface area contributed by atoms with Gasteiger partial charge in [0.15, 0.2) is 6.04 Å². The minimum atomic E-state index is -1.05. The van der Waals surface area contributed by atoms with Crippen molar-refractivity contribution in [2.24, 2.45) is 10.7 Å². The SMILES string of the molecule is CC1(C)S[C@@H]2[C@H](N=C([O-])[C@H](N)c3ccccc3)C(=O)N2[C@H]1C(=O)O. The van der Waals surface area contributed by atoms with E-state index in [2.05, 4.69) is 4.99 Å². The Hall–Kier alpha value is -2.06. The maximum atomic E-state index is 12.3. The van der Waals surface area contributed by atoms with Gasteiger partial charge in [-0.15, -0.1) is 11.8 Å². The maximum absolute atomic E-state index is 12.3. The lowest BCUT2D eigenvalue weighted by Crippen LogP contribution is -2.65. The van der Waals surface area contributed by atoms with Crippen molar-refractivity contribution in [2.75, 3.05) is 0 Å². The molecule has 2 saturated heterocycles. The van der Waals surface area contributed by atoms with Crippen LogP contribution in [0.3, 0.4) is 0 Å². The molecule has 2 aliphatic heterocycles. The predicted octanol–water partition coefficient (Wildman–Crippen LogP) is -0.0393. The second-order valence-corrected chi connectivity index (χ2v) is 8.17. The molecule has 0 unspecified atom stereocenters. The van der Waals surface area contributed by atoms with Crippen LogP contribution in [0.4, 0.5) is 0 Å². The number of hydrogen-bond acceptors (Lipinski definition) is 6. The molecule has 0 aliphatic carbocycles. The largest absolute Gasteiger partial charge is 0.861 e. The van der Waals surface area contributed by atoms with Crippen LogP contribution in [0.15, 0.2) is 35.3 Å². The molecule has 0 radical (unpaired) electrons. The minimum Gasteiger partial charge on any atom is -0.861 e. The van der Waals surface area contributed by atoms with Crippen LogP contribution in [0, 0.1) is 0 Å². The molecule has 7 nitrogen and oxygen atoms in total. The third-order valence-corrected chi connectivity index (χ3v) is 5.90. The molecular formula is C16H18N3O4S-. The number of aliphatic imine (C=N–C) groups is 1. The molecule has 4 atom stereocenters. The summed E-state index contributed by atoms with van der Waals surface area (Å²) in [5.74, 6) is -2.05. The highest BCUT2D eigenvalue weighted by Gasteiger charge is 2.63. The van der Waals surface area contributed by atoms with E-state index in [1.54, 1.807) is 38.1 Å². The molecule has 0 bridgehead atoms. The van der Waals surface area contributed by atoms with Crippen LogP contribution >= 0.6 is 11.8 Å². The van der Waals surface area contributed by atoms with E-state index in [-0.39, 0.29) is 0 Å². The highest BCUT2D eigenvalue weighted by atomic mass is 32.2. The zero-order valence-corrected chi connectivity index (χ0v) is 14.1. The molecule has 128 valence electrons. The Morgan fingerprint density at radius 3 is 2.62 bits per heavy atom. The van der Waals surface area contributed by atoms with Crippen molar-refractivity contribution in [1.29, 1.82) is 0 Å². The summed E-state index contributed by atoms with van der Waals surface area (Å²) in [6.45, 7) is 3.55. The number of amides is 1. The molecule has 3 rings (SSSR count). The number of benzene rings is 1. The molecule has 1 amide bonds. The number of carboxylic acid groups (broad SMARTS) is 1. The Labute approximate surface area is 143 Å². The molecule has 1 aromatic rings. The van der Waals surface area contributed by atoms with E-state index < -0.39 is 46.0 Å². The highest BCUT2D eigenvalue weighted by Crippen LogP contribution is 2.51. The van der Waals surface area contributed by atoms with Crippen molar-refractivity contribution in [3.63, 3.8) is 0 Å². The van der Waals surface area contributed by atoms with Gasteiger partial charge in [-0.1, -0.05) is 30.3 Å². The number of carboxylic acids is 1. The smallest absolute Gasteiger partial charge is 0.327 e. The number of thioether (sulfide) groups is 1. The number of nitrogens with zero attached hydrogens (tertiary/aromatic N) is 2. The summed E-state index contributed by atoms with van der Waals surface area (Å²) in [6, 6.07) is 6.10. The van der Waals surface area contributed by atoms with Crippen LogP contribution in [0.2, 0.25) is 0 Å². The minimum absolute atomic E-state index is 0.430. The number of β-lactam (4-membered cyclic amide) rings is 1. The lowest BCUT2D eigenvalue weighted by atomic mass is 9.96. The van der Waals surface area contributed by atoms with E-state index in [1.807, 2.05) is 6.07 Å². The average molecular weight is 348 g/mol. The van der Waals surface area contributed by atoms with Crippen molar-refractivity contribution in [3.05, 3.63) is 35.9 Å². The van der Waals surface area contributed by atoms with Crippen LogP contribution in [0.25, 0.3) is 0 Å². The lowest BCUT2D eigenvalue weighted by Gasteiger charge is -2.42. The van der Waals surface area contributed by atoms with Crippen LogP contribution in [0.5, 0.6) is 0 Å². The third-order valence-electron chi connectivity index (χ3n) is 4.34. The number of aliphatic carboxylic acids is 1. The molecule has 0 spiro atoms. The van der Waals surface area contributed by atoms with Gasteiger partial charge in [0.05, 0.1) is 6.04 Å². The number of carbonyl (C=O) groups excluding carboxylic acids is 1. The van der Waals surface area contributed by atoms with Crippen LogP contribution in [0.1, 0.15) is 25.5 Å². The first-order valence-corrected chi connectivity index (χ1v) is 8.40. The zero-order chi connectivity index (χ0) is 17.6. The monoisotopic (exact) mass is 348 g/mol. The second-order valence-electron chi connectivity index (χ2n) is 6.40. The Morgan fingerprint density at radius 2 is 2.04 bits per heavy atom. The van der Waals surface area contributed by atoms with E-state index in [1.165, 1.54) is 16.7 Å². The number of fused-ring (bicyclic) bond motifs is 1. The van der Waals surface area contributed by atoms with Crippen molar-refractivity contribution in [2.45, 2.75) is 42.1 Å². The fourth-order valence-corrected chi connectivity index (χ4v) is 4.74. The molecule has 2 heterocycles. The van der Waals surface area contributed by atoms with Gasteiger partial charge in [-0.05, 0) is 25.3 Å². The van der Waals surface area contributed by atoms with Crippen molar-refractivity contribution in [1.82, 2.24) is 4.90 Å². The van der Waals surface area contributed by atoms with Crippen molar-refractivity contribution < 1.29 is 19.8 Å². The summed E-state index contributed by atoms with van der Waals surface area (Å²) in [4.78, 5) is 29.0. The van der Waals surface area contributed by atoms with E-state index in [4.69, 9.17) is 5.73 Å². The van der Waals surface area contributed by atoms with Gasteiger partial charge in [-0.3, -0.25) is 9.79 Å². The average Bonchev–Trinajstić information content (AvgIpc) is 2.80. The first kappa shape index (κ1) is 16.8. The Balaban J connectivity index is 1.80. The van der Waals surface area contributed by atoms with Crippen LogP contribution in [-0.2, 0) is 9.59 Å². The Kier molecular flexibility index (Phi) is 4.05. The molecule has 0 saturated carbocycles. The molecule has 1 aromatic carbocycles. The van der Waals surface area contributed by atoms with E-state index in [9.17, 15) is 19.8 Å². The summed E-state index contributed by atoms with van der Waals surface area (Å²) < 4.78 is -0.638. The Morgan fingerprint density at radius 1 is 1.42 bits per heavy atom. The number of nitrogens with two attached hydrogens (primary N) is 1. The first-order valence-electron chi connectivity index (χ1n) is 7.52. The van der Waals surface area contributed by atoms with E-state index >= 15 is 0 Å². The molecule has 24 heavy (non-hydrogen) atoms. The Bertz CT molecular complexity index is 707. The molecule has 0 aromatic heterocycles. The van der Waals surface area contributed by atoms with Gasteiger partial charge in [0.25, 0.3) is 5.91 Å². The number of rotatable bonds is 4. The quantitative estimate of drug-likeness (QED) is 0.448. The predicted molar refractivity (Wildman–Crippen MR) is 88.3 cm³/mol. The topological polar surface area (TPSA) is 119 Å². The summed E-state index contributed by atoms with van der Waals surface area (Å²) in [7, 11) is 0. The number of carbonyl (C=O) groups is 2. The normalized spacial score (nSPS) is 29.8.